The van der Waals surface area contributed by atoms with E-state index in [-0.39, 0.29) is 6.42 Å². The molecule has 0 bridgehead atoms. The molecule has 1 amide bonds. The summed E-state index contributed by atoms with van der Waals surface area (Å²) < 4.78 is 6.14. The van der Waals surface area contributed by atoms with Gasteiger partial charge in [0.1, 0.15) is 0 Å². The van der Waals surface area contributed by atoms with E-state index in [4.69, 9.17) is 10.5 Å². The molecule has 0 spiro atoms. The number of rotatable bonds is 33. The molecule has 0 aliphatic rings. The van der Waals surface area contributed by atoms with E-state index in [1.54, 1.807) is 6.92 Å². The largest absolute Gasteiger partial charge is 0.391 e. The van der Waals surface area contributed by atoms with Gasteiger partial charge in [0.05, 0.1) is 18.1 Å². The fourth-order valence-electron chi connectivity index (χ4n) is 6.22. The Hall–Kier alpha value is -0.650. The minimum atomic E-state index is -1.62. The molecule has 42 heavy (non-hydrogen) atoms. The van der Waals surface area contributed by atoms with Crippen LogP contribution in [-0.4, -0.2) is 34.1 Å². The molecule has 0 rings (SSSR count). The molecule has 0 heterocycles. The van der Waals surface area contributed by atoms with E-state index in [0.717, 1.165) is 32.1 Å². The summed E-state index contributed by atoms with van der Waals surface area (Å²) in [6.07, 6.45) is 32.1. The smallest absolute Gasteiger partial charge is 0.225 e. The number of aliphatic hydroxyl groups excluding tert-OH is 1. The lowest BCUT2D eigenvalue weighted by atomic mass is 9.89. The van der Waals surface area contributed by atoms with Crippen molar-refractivity contribution < 1.29 is 19.7 Å². The maximum Gasteiger partial charge on any atom is 0.225 e. The number of hydrogen-bond donors (Lipinski definition) is 3. The van der Waals surface area contributed by atoms with Gasteiger partial charge in [-0.25, -0.2) is 0 Å². The van der Waals surface area contributed by atoms with Crippen molar-refractivity contribution in [2.75, 3.05) is 0 Å². The van der Waals surface area contributed by atoms with Crippen LogP contribution in [0.5, 0.6) is 0 Å². The van der Waals surface area contributed by atoms with Gasteiger partial charge in [-0.2, -0.15) is 0 Å². The lowest BCUT2D eigenvalue weighted by Gasteiger charge is -2.38. The Bertz CT molecular complexity index is 584. The van der Waals surface area contributed by atoms with Crippen molar-refractivity contribution >= 4 is 5.91 Å². The molecule has 252 valence electrons. The maximum absolute atomic E-state index is 12.4. The molecule has 0 aromatic heterocycles. The number of nitrogens with two attached hydrogens (primary N) is 1. The third-order valence-corrected chi connectivity index (χ3v) is 9.23. The van der Waals surface area contributed by atoms with Crippen LogP contribution in [0.2, 0.25) is 0 Å². The van der Waals surface area contributed by atoms with Crippen LogP contribution in [-0.2, 0) is 9.53 Å². The van der Waals surface area contributed by atoms with Crippen molar-refractivity contribution in [3.8, 4) is 0 Å². The normalized spacial score (nSPS) is 15.4. The highest BCUT2D eigenvalue weighted by Crippen LogP contribution is 2.31. The summed E-state index contributed by atoms with van der Waals surface area (Å²) in [5.41, 5.74) is 5.77. The Morgan fingerprint density at radius 3 is 1.19 bits per heavy atom. The zero-order chi connectivity index (χ0) is 31.3. The highest BCUT2D eigenvalue weighted by Gasteiger charge is 2.42. The van der Waals surface area contributed by atoms with E-state index in [1.165, 1.54) is 128 Å². The number of ether oxygens (including phenoxy) is 1. The van der Waals surface area contributed by atoms with E-state index in [1.807, 2.05) is 6.92 Å². The summed E-state index contributed by atoms with van der Waals surface area (Å²) in [6, 6.07) is 0. The van der Waals surface area contributed by atoms with Gasteiger partial charge >= 0.3 is 0 Å². The zero-order valence-electron chi connectivity index (χ0n) is 28.8. The Labute approximate surface area is 262 Å². The van der Waals surface area contributed by atoms with Gasteiger partial charge in [-0.3, -0.25) is 4.79 Å². The third kappa shape index (κ3) is 22.8. The first-order valence-corrected chi connectivity index (χ1v) is 18.7. The quantitative estimate of drug-likeness (QED) is 0.0518. The van der Waals surface area contributed by atoms with Crippen LogP contribution in [0.3, 0.4) is 0 Å². The van der Waals surface area contributed by atoms with Crippen LogP contribution in [0.1, 0.15) is 207 Å². The van der Waals surface area contributed by atoms with E-state index in [0.29, 0.717) is 12.8 Å². The van der Waals surface area contributed by atoms with Gasteiger partial charge in [0.15, 0.2) is 5.79 Å². The molecular weight excluding hydrogens is 522 g/mol. The molecule has 0 aliphatic carbocycles. The van der Waals surface area contributed by atoms with E-state index >= 15 is 0 Å². The van der Waals surface area contributed by atoms with Crippen LogP contribution >= 0.6 is 0 Å². The Morgan fingerprint density at radius 2 is 0.905 bits per heavy atom. The number of primary amides is 1. The lowest BCUT2D eigenvalue weighted by Crippen LogP contribution is -2.50. The number of hydrogen-bond acceptors (Lipinski definition) is 4. The highest BCUT2D eigenvalue weighted by atomic mass is 16.6. The summed E-state index contributed by atoms with van der Waals surface area (Å²) in [7, 11) is 0. The SMILES string of the molecule is CCCCCCCCCCCCCCCC(OC(O)(CC)C(CCCCCCCCCCCCCC)C(N)=O)C(C)O. The van der Waals surface area contributed by atoms with Crippen molar-refractivity contribution in [3.63, 3.8) is 0 Å². The second kappa shape index (κ2) is 29.1. The number of unbranched alkanes of at least 4 members (excludes halogenated alkanes) is 23. The van der Waals surface area contributed by atoms with Crippen molar-refractivity contribution in [1.82, 2.24) is 0 Å². The predicted octanol–water partition coefficient (Wildman–Crippen LogP) is 10.5. The van der Waals surface area contributed by atoms with Crippen LogP contribution in [0.4, 0.5) is 0 Å². The molecule has 0 saturated heterocycles. The van der Waals surface area contributed by atoms with Crippen molar-refractivity contribution in [1.29, 1.82) is 0 Å². The standard InChI is InChI=1S/C37H75NO4/c1-5-8-10-12-14-16-18-20-22-24-26-28-30-32-35(33(4)39)42-37(41,7-3)34(36(38)40)31-29-27-25-23-21-19-17-15-13-11-9-6-2/h33-35,39,41H,5-32H2,1-4H3,(H2,38,40). The molecular formula is C37H75NO4. The molecule has 5 heteroatoms. The molecule has 4 atom stereocenters. The third-order valence-electron chi connectivity index (χ3n) is 9.23. The highest BCUT2D eigenvalue weighted by molar-refractivity contribution is 5.77. The summed E-state index contributed by atoms with van der Waals surface area (Å²) in [5.74, 6) is -2.88. The number of aliphatic hydroxyl groups is 2. The fraction of sp³-hybridized carbons (Fsp3) is 0.973. The van der Waals surface area contributed by atoms with Gasteiger partial charge in [0, 0.05) is 0 Å². The minimum Gasteiger partial charge on any atom is -0.391 e. The van der Waals surface area contributed by atoms with Crippen LogP contribution in [0, 0.1) is 5.92 Å². The lowest BCUT2D eigenvalue weighted by molar-refractivity contribution is -0.271. The molecule has 0 saturated carbocycles. The molecule has 4 unspecified atom stereocenters. The first-order chi connectivity index (χ1) is 20.3. The van der Waals surface area contributed by atoms with Gasteiger partial charge in [0.25, 0.3) is 0 Å². The van der Waals surface area contributed by atoms with Gasteiger partial charge < -0.3 is 20.7 Å². The fourth-order valence-corrected chi connectivity index (χ4v) is 6.22. The Balaban J connectivity index is 4.26. The molecule has 4 N–H and O–H groups in total. The minimum absolute atomic E-state index is 0.278. The first kappa shape index (κ1) is 41.4. The molecule has 0 aromatic carbocycles. The van der Waals surface area contributed by atoms with Crippen molar-refractivity contribution in [3.05, 3.63) is 0 Å². The summed E-state index contributed by atoms with van der Waals surface area (Å²) >= 11 is 0. The molecule has 0 radical (unpaired) electrons. The molecule has 0 aliphatic heterocycles. The predicted molar refractivity (Wildman–Crippen MR) is 180 cm³/mol. The van der Waals surface area contributed by atoms with Crippen molar-refractivity contribution in [2.45, 2.75) is 225 Å². The van der Waals surface area contributed by atoms with Gasteiger partial charge in [-0.1, -0.05) is 181 Å². The average molecular weight is 598 g/mol. The van der Waals surface area contributed by atoms with Gasteiger partial charge in [0.2, 0.25) is 5.91 Å². The van der Waals surface area contributed by atoms with E-state index < -0.39 is 29.8 Å². The molecule has 0 fully saturated rings. The van der Waals surface area contributed by atoms with Gasteiger partial charge in [-0.15, -0.1) is 0 Å². The van der Waals surface area contributed by atoms with E-state index in [2.05, 4.69) is 13.8 Å². The number of carbonyl (C=O) groups is 1. The van der Waals surface area contributed by atoms with Crippen LogP contribution in [0.25, 0.3) is 0 Å². The second-order valence-corrected chi connectivity index (χ2v) is 13.3. The second-order valence-electron chi connectivity index (χ2n) is 13.3. The van der Waals surface area contributed by atoms with Gasteiger partial charge in [-0.05, 0) is 26.2 Å². The number of carbonyl (C=O) groups excluding carboxylic acids is 1. The monoisotopic (exact) mass is 598 g/mol. The summed E-state index contributed by atoms with van der Waals surface area (Å²) in [4.78, 5) is 12.4. The van der Waals surface area contributed by atoms with Crippen LogP contribution in [0.15, 0.2) is 0 Å². The summed E-state index contributed by atoms with van der Waals surface area (Å²) in [6.45, 7) is 8.08. The average Bonchev–Trinajstić information content (AvgIpc) is 2.96. The molecule has 0 aromatic rings. The maximum atomic E-state index is 12.4. The van der Waals surface area contributed by atoms with E-state index in [9.17, 15) is 15.0 Å². The topological polar surface area (TPSA) is 92.8 Å². The van der Waals surface area contributed by atoms with Crippen LogP contribution < -0.4 is 5.73 Å². The first-order valence-electron chi connectivity index (χ1n) is 18.7. The summed E-state index contributed by atoms with van der Waals surface area (Å²) in [5, 5.41) is 21.8. The zero-order valence-corrected chi connectivity index (χ0v) is 28.8. The van der Waals surface area contributed by atoms with Crippen molar-refractivity contribution in [2.24, 2.45) is 11.7 Å². The number of amides is 1. The Morgan fingerprint density at radius 1 is 0.595 bits per heavy atom. The Kier molecular flexibility index (Phi) is 28.6. The molecule has 5 nitrogen and oxygen atoms in total.